The molecule has 0 saturated carbocycles. The van der Waals surface area contributed by atoms with Gasteiger partial charge in [0.1, 0.15) is 0 Å². The fourth-order valence-electron chi connectivity index (χ4n) is 2.84. The Labute approximate surface area is 133 Å². The predicted octanol–water partition coefficient (Wildman–Crippen LogP) is 1.22. The molecule has 22 heavy (non-hydrogen) atoms. The van der Waals surface area contributed by atoms with E-state index in [1.165, 1.54) is 0 Å². The summed E-state index contributed by atoms with van der Waals surface area (Å²) in [5.41, 5.74) is -4.17. The minimum atomic E-state index is -4.17. The highest BCUT2D eigenvalue weighted by Crippen LogP contribution is 2.29. The molecule has 2 saturated heterocycles. The van der Waals surface area contributed by atoms with E-state index >= 15 is 0 Å². The lowest BCUT2D eigenvalue weighted by Crippen LogP contribution is -2.47. The topological polar surface area (TPSA) is 40.1 Å². The van der Waals surface area contributed by atoms with Crippen LogP contribution in [-0.2, 0) is 4.74 Å². The summed E-state index contributed by atoms with van der Waals surface area (Å²) >= 11 is -0.00629. The van der Waals surface area contributed by atoms with Crippen molar-refractivity contribution >= 4 is 17.7 Å². The molecule has 0 aromatic heterocycles. The average Bonchev–Trinajstić information content (AvgIpc) is 2.97. The molecule has 2 rings (SSSR count). The first-order valence-electron chi connectivity index (χ1n) is 7.47. The van der Waals surface area contributed by atoms with Gasteiger partial charge in [0.25, 0.3) is 0 Å². The number of nitrogens with one attached hydrogen (secondary N) is 1. The molecule has 0 aromatic carbocycles. The fourth-order valence-corrected chi connectivity index (χ4v) is 3.27. The van der Waals surface area contributed by atoms with Crippen molar-refractivity contribution in [1.82, 2.24) is 15.1 Å². The standard InChI is InChI=1S/C13H23F3N4OS/c1-17-12(18-3-9-22-13(14,15)16)20-4-2-11(10-20)19-5-7-21-8-6-19/h11H,2-10H2,1H3,(H,17,18). The summed E-state index contributed by atoms with van der Waals surface area (Å²) in [5.74, 6) is 0.682. The summed E-state index contributed by atoms with van der Waals surface area (Å²) in [6.07, 6.45) is 1.05. The van der Waals surface area contributed by atoms with Gasteiger partial charge in [-0.15, -0.1) is 0 Å². The Balaban J connectivity index is 1.73. The third-order valence-electron chi connectivity index (χ3n) is 3.89. The van der Waals surface area contributed by atoms with Crippen molar-refractivity contribution in [3.05, 3.63) is 0 Å². The van der Waals surface area contributed by atoms with Crippen LogP contribution in [0.3, 0.4) is 0 Å². The van der Waals surface area contributed by atoms with Gasteiger partial charge in [-0.1, -0.05) is 0 Å². The summed E-state index contributed by atoms with van der Waals surface area (Å²) < 4.78 is 41.7. The number of likely N-dealkylation sites (tertiary alicyclic amines) is 1. The van der Waals surface area contributed by atoms with Crippen molar-refractivity contribution in [1.29, 1.82) is 0 Å². The van der Waals surface area contributed by atoms with Crippen LogP contribution in [0.25, 0.3) is 0 Å². The van der Waals surface area contributed by atoms with Crippen molar-refractivity contribution in [2.24, 2.45) is 4.99 Å². The van der Waals surface area contributed by atoms with Crippen LogP contribution in [0, 0.1) is 0 Å². The van der Waals surface area contributed by atoms with Gasteiger partial charge in [-0.25, -0.2) is 0 Å². The number of aliphatic imine (C=N–C) groups is 1. The number of rotatable bonds is 4. The lowest BCUT2D eigenvalue weighted by molar-refractivity contribution is -0.0327. The smallest absolute Gasteiger partial charge is 0.379 e. The highest BCUT2D eigenvalue weighted by Gasteiger charge is 2.30. The second-order valence-corrected chi connectivity index (χ2v) is 6.46. The van der Waals surface area contributed by atoms with Gasteiger partial charge in [-0.05, 0) is 18.2 Å². The maximum absolute atomic E-state index is 12.1. The maximum atomic E-state index is 12.1. The van der Waals surface area contributed by atoms with Crippen LogP contribution in [0.5, 0.6) is 0 Å². The molecule has 1 N–H and O–H groups in total. The number of nitrogens with zero attached hydrogens (tertiary/aromatic N) is 3. The molecule has 2 aliphatic rings. The van der Waals surface area contributed by atoms with Crippen LogP contribution in [0.15, 0.2) is 4.99 Å². The van der Waals surface area contributed by atoms with Crippen molar-refractivity contribution in [2.45, 2.75) is 18.0 Å². The fraction of sp³-hybridized carbons (Fsp3) is 0.923. The number of ether oxygens (including phenoxy) is 1. The van der Waals surface area contributed by atoms with E-state index in [0.717, 1.165) is 45.8 Å². The van der Waals surface area contributed by atoms with Crippen LogP contribution in [0.1, 0.15) is 6.42 Å². The number of hydrogen-bond acceptors (Lipinski definition) is 4. The molecule has 9 heteroatoms. The van der Waals surface area contributed by atoms with E-state index in [9.17, 15) is 13.2 Å². The van der Waals surface area contributed by atoms with Gasteiger partial charge in [-0.2, -0.15) is 13.2 Å². The minimum absolute atomic E-state index is 0.00629. The first-order chi connectivity index (χ1) is 10.5. The van der Waals surface area contributed by atoms with Gasteiger partial charge in [0.15, 0.2) is 5.96 Å². The van der Waals surface area contributed by atoms with E-state index in [2.05, 4.69) is 20.1 Å². The number of alkyl halides is 3. The van der Waals surface area contributed by atoms with E-state index < -0.39 is 5.51 Å². The summed E-state index contributed by atoms with van der Waals surface area (Å²) in [7, 11) is 1.67. The zero-order chi connectivity index (χ0) is 16.0. The molecule has 0 amide bonds. The second-order valence-electron chi connectivity index (χ2n) is 5.31. The normalized spacial score (nSPS) is 24.8. The van der Waals surface area contributed by atoms with Crippen molar-refractivity contribution in [3.8, 4) is 0 Å². The van der Waals surface area contributed by atoms with Crippen molar-refractivity contribution in [2.75, 3.05) is 58.7 Å². The first-order valence-corrected chi connectivity index (χ1v) is 8.46. The molecular weight excluding hydrogens is 317 g/mol. The van der Waals surface area contributed by atoms with E-state index in [0.29, 0.717) is 12.0 Å². The molecule has 2 fully saturated rings. The third-order valence-corrected chi connectivity index (χ3v) is 4.62. The van der Waals surface area contributed by atoms with Crippen LogP contribution < -0.4 is 5.32 Å². The molecule has 0 radical (unpaired) electrons. The van der Waals surface area contributed by atoms with E-state index in [-0.39, 0.29) is 24.1 Å². The Bertz CT molecular complexity index is 375. The lowest BCUT2D eigenvalue weighted by Gasteiger charge is -2.32. The maximum Gasteiger partial charge on any atom is 0.441 e. The predicted molar refractivity (Wildman–Crippen MR) is 82.2 cm³/mol. The van der Waals surface area contributed by atoms with Crippen LogP contribution in [-0.4, -0.2) is 86.0 Å². The molecule has 0 spiro atoms. The number of thioether (sulfide) groups is 1. The van der Waals surface area contributed by atoms with Gasteiger partial charge in [0, 0.05) is 51.6 Å². The Kier molecular flexibility index (Phi) is 6.64. The van der Waals surface area contributed by atoms with Gasteiger partial charge in [-0.3, -0.25) is 9.89 Å². The zero-order valence-corrected chi connectivity index (χ0v) is 13.5. The van der Waals surface area contributed by atoms with Crippen LogP contribution in [0.4, 0.5) is 13.2 Å². The van der Waals surface area contributed by atoms with Gasteiger partial charge in [0.05, 0.1) is 13.2 Å². The van der Waals surface area contributed by atoms with Crippen LogP contribution in [0.2, 0.25) is 0 Å². The molecule has 2 aliphatic heterocycles. The van der Waals surface area contributed by atoms with E-state index in [1.807, 2.05) is 0 Å². The number of guanidine groups is 1. The van der Waals surface area contributed by atoms with Gasteiger partial charge < -0.3 is 15.0 Å². The Hall–Kier alpha value is -0.670. The van der Waals surface area contributed by atoms with Crippen molar-refractivity contribution in [3.63, 3.8) is 0 Å². The zero-order valence-electron chi connectivity index (χ0n) is 12.7. The molecule has 5 nitrogen and oxygen atoms in total. The van der Waals surface area contributed by atoms with Crippen molar-refractivity contribution < 1.29 is 17.9 Å². The van der Waals surface area contributed by atoms with Gasteiger partial charge >= 0.3 is 5.51 Å². The quantitative estimate of drug-likeness (QED) is 0.473. The molecule has 1 unspecified atom stereocenters. The Morgan fingerprint density at radius 3 is 2.68 bits per heavy atom. The molecule has 128 valence electrons. The molecule has 2 heterocycles. The van der Waals surface area contributed by atoms with Crippen LogP contribution >= 0.6 is 11.8 Å². The number of hydrogen-bond donors (Lipinski definition) is 1. The van der Waals surface area contributed by atoms with E-state index in [4.69, 9.17) is 4.74 Å². The van der Waals surface area contributed by atoms with Gasteiger partial charge in [0.2, 0.25) is 0 Å². The third kappa shape index (κ3) is 5.51. The second kappa shape index (κ2) is 8.26. The molecule has 1 atom stereocenters. The summed E-state index contributed by atoms with van der Waals surface area (Å²) in [6, 6.07) is 0.479. The molecule has 0 aliphatic carbocycles. The highest BCUT2D eigenvalue weighted by molar-refractivity contribution is 8.00. The molecule has 0 aromatic rings. The summed E-state index contributed by atoms with van der Waals surface area (Å²) in [5, 5.41) is 3.02. The largest absolute Gasteiger partial charge is 0.441 e. The van der Waals surface area contributed by atoms with E-state index in [1.54, 1.807) is 7.05 Å². The Morgan fingerprint density at radius 1 is 1.32 bits per heavy atom. The summed E-state index contributed by atoms with van der Waals surface area (Å²) in [6.45, 7) is 5.46. The summed E-state index contributed by atoms with van der Waals surface area (Å²) in [4.78, 5) is 8.73. The highest BCUT2D eigenvalue weighted by atomic mass is 32.2. The minimum Gasteiger partial charge on any atom is -0.379 e. The first kappa shape index (κ1) is 17.7. The molecule has 0 bridgehead atoms. The Morgan fingerprint density at radius 2 is 2.05 bits per heavy atom. The SMILES string of the molecule is CN=C(NCCSC(F)(F)F)N1CCC(N2CCOCC2)C1. The molecular formula is C13H23F3N4OS. The number of morpholine rings is 1. The average molecular weight is 340 g/mol. The monoisotopic (exact) mass is 340 g/mol. The number of halogens is 3. The lowest BCUT2D eigenvalue weighted by atomic mass is 10.2.